The first kappa shape index (κ1) is 17.2. The molecular formula is C16H11Cl2FO4. The molecule has 1 aromatic heterocycles. The number of hydrogen-bond donors (Lipinski definition) is 0. The van der Waals surface area contributed by atoms with Gasteiger partial charge in [0.25, 0.3) is 0 Å². The van der Waals surface area contributed by atoms with Gasteiger partial charge < -0.3 is 9.15 Å². The summed E-state index contributed by atoms with van der Waals surface area (Å²) >= 11 is 11.8. The normalized spacial score (nSPS) is 12.1. The van der Waals surface area contributed by atoms with Crippen LogP contribution in [0.4, 0.5) is 4.39 Å². The maximum absolute atomic E-state index is 13.8. The number of hydrogen-bond acceptors (Lipinski definition) is 4. The van der Waals surface area contributed by atoms with Crippen molar-refractivity contribution in [3.05, 3.63) is 62.2 Å². The van der Waals surface area contributed by atoms with Gasteiger partial charge >= 0.3 is 5.97 Å². The van der Waals surface area contributed by atoms with Crippen molar-refractivity contribution in [3.63, 3.8) is 0 Å². The largest absolute Gasteiger partial charge is 0.463 e. The molecule has 7 heteroatoms. The van der Waals surface area contributed by atoms with Crippen LogP contribution in [0.3, 0.4) is 0 Å². The third kappa shape index (κ3) is 4.21. The molecule has 0 unspecified atom stereocenters. The van der Waals surface area contributed by atoms with Crippen LogP contribution in [0.5, 0.6) is 0 Å². The molecule has 0 amide bonds. The molecule has 0 N–H and O–H groups in total. The van der Waals surface area contributed by atoms with Crippen molar-refractivity contribution in [2.24, 2.45) is 0 Å². The van der Waals surface area contributed by atoms with Gasteiger partial charge in [0.05, 0.1) is 22.6 Å². The lowest BCUT2D eigenvalue weighted by molar-refractivity contribution is -0.137. The monoisotopic (exact) mass is 356 g/mol. The number of carbonyl (C=O) groups excluding carboxylic acids is 1. The standard InChI is InChI=1S/C16H11Cl2FO4/c1-2-22-14(20)4-3-11(19)5-9-8-23-16-12(15(9)21)6-10(17)7-13(16)18/h3-8H,2H2,1H3/b4-3+,11-5-. The Hall–Kier alpha value is -2.11. The van der Waals surface area contributed by atoms with Crippen LogP contribution in [-0.2, 0) is 9.53 Å². The fraction of sp³-hybridized carbons (Fsp3) is 0.125. The number of halogens is 3. The van der Waals surface area contributed by atoms with Crippen molar-refractivity contribution < 1.29 is 18.3 Å². The number of benzene rings is 1. The molecule has 2 rings (SSSR count). The Morgan fingerprint density at radius 1 is 1.35 bits per heavy atom. The van der Waals surface area contributed by atoms with Crippen LogP contribution in [0.15, 0.2) is 45.6 Å². The Kier molecular flexibility index (Phi) is 5.58. The van der Waals surface area contributed by atoms with Crippen LogP contribution in [0.2, 0.25) is 10.0 Å². The van der Waals surface area contributed by atoms with Gasteiger partial charge in [0.2, 0.25) is 0 Å². The molecule has 4 nitrogen and oxygen atoms in total. The molecule has 0 aliphatic rings. The summed E-state index contributed by atoms with van der Waals surface area (Å²) in [4.78, 5) is 23.4. The molecule has 0 atom stereocenters. The van der Waals surface area contributed by atoms with Crippen molar-refractivity contribution in [1.82, 2.24) is 0 Å². The summed E-state index contributed by atoms with van der Waals surface area (Å²) in [5.41, 5.74) is -0.363. The summed E-state index contributed by atoms with van der Waals surface area (Å²) in [6.45, 7) is 1.82. The number of esters is 1. The van der Waals surface area contributed by atoms with Crippen molar-refractivity contribution in [1.29, 1.82) is 0 Å². The van der Waals surface area contributed by atoms with Crippen LogP contribution >= 0.6 is 23.2 Å². The van der Waals surface area contributed by atoms with Gasteiger partial charge in [-0.15, -0.1) is 0 Å². The lowest BCUT2D eigenvalue weighted by Crippen LogP contribution is -2.05. The lowest BCUT2D eigenvalue weighted by Gasteiger charge is -2.01. The highest BCUT2D eigenvalue weighted by Crippen LogP contribution is 2.26. The maximum atomic E-state index is 13.8. The molecule has 0 aliphatic carbocycles. The Morgan fingerprint density at radius 2 is 2.09 bits per heavy atom. The van der Waals surface area contributed by atoms with Gasteiger partial charge in [-0.05, 0) is 31.2 Å². The van der Waals surface area contributed by atoms with Crippen molar-refractivity contribution >= 4 is 46.2 Å². The fourth-order valence-electron chi connectivity index (χ4n) is 1.81. The maximum Gasteiger partial charge on any atom is 0.330 e. The molecule has 120 valence electrons. The minimum atomic E-state index is -0.808. The number of allylic oxidation sites excluding steroid dienone is 2. The van der Waals surface area contributed by atoms with E-state index in [-0.39, 0.29) is 33.2 Å². The van der Waals surface area contributed by atoms with Gasteiger partial charge in [-0.2, -0.15) is 0 Å². The molecule has 0 aliphatic heterocycles. The smallest absolute Gasteiger partial charge is 0.330 e. The van der Waals surface area contributed by atoms with E-state index in [9.17, 15) is 14.0 Å². The Bertz CT molecular complexity index is 868. The van der Waals surface area contributed by atoms with Crippen LogP contribution in [0.25, 0.3) is 17.0 Å². The molecule has 0 fully saturated rings. The van der Waals surface area contributed by atoms with Crippen LogP contribution in [0.1, 0.15) is 12.5 Å². The van der Waals surface area contributed by atoms with E-state index >= 15 is 0 Å². The van der Waals surface area contributed by atoms with Gasteiger partial charge in [-0.1, -0.05) is 23.2 Å². The van der Waals surface area contributed by atoms with Gasteiger partial charge in [0, 0.05) is 11.1 Å². The van der Waals surface area contributed by atoms with E-state index in [4.69, 9.17) is 27.6 Å². The highest BCUT2D eigenvalue weighted by molar-refractivity contribution is 6.38. The SMILES string of the molecule is CCOC(=O)/C=C/C(F)=C/c1coc2c(Cl)cc(Cl)cc2c1=O. The number of rotatable bonds is 4. The highest BCUT2D eigenvalue weighted by atomic mass is 35.5. The Morgan fingerprint density at radius 3 is 2.78 bits per heavy atom. The van der Waals surface area contributed by atoms with E-state index in [1.54, 1.807) is 6.92 Å². The first-order valence-corrected chi connectivity index (χ1v) is 7.30. The number of fused-ring (bicyclic) bond motifs is 1. The van der Waals surface area contributed by atoms with E-state index in [0.29, 0.717) is 0 Å². The molecule has 0 spiro atoms. The second-order valence-electron chi connectivity index (χ2n) is 4.40. The topological polar surface area (TPSA) is 56.5 Å². The summed E-state index contributed by atoms with van der Waals surface area (Å²) in [5.74, 6) is -1.49. The Labute approximate surface area is 140 Å². The van der Waals surface area contributed by atoms with Gasteiger partial charge in [0.1, 0.15) is 12.1 Å². The second-order valence-corrected chi connectivity index (χ2v) is 5.24. The molecular weight excluding hydrogens is 346 g/mol. The molecule has 23 heavy (non-hydrogen) atoms. The van der Waals surface area contributed by atoms with Crippen molar-refractivity contribution in [2.75, 3.05) is 6.61 Å². The van der Waals surface area contributed by atoms with E-state index in [1.165, 1.54) is 12.1 Å². The van der Waals surface area contributed by atoms with Crippen molar-refractivity contribution in [2.45, 2.75) is 6.92 Å². The van der Waals surface area contributed by atoms with E-state index in [1.807, 2.05) is 0 Å². The van der Waals surface area contributed by atoms with Gasteiger partial charge in [0.15, 0.2) is 11.0 Å². The van der Waals surface area contributed by atoms with Gasteiger partial charge in [-0.25, -0.2) is 9.18 Å². The zero-order chi connectivity index (χ0) is 17.0. The summed E-state index contributed by atoms with van der Waals surface area (Å²) in [6, 6.07) is 2.82. The number of carbonyl (C=O) groups is 1. The fourth-order valence-corrected chi connectivity index (χ4v) is 2.35. The molecule has 1 heterocycles. The van der Waals surface area contributed by atoms with Crippen molar-refractivity contribution in [3.8, 4) is 0 Å². The average molecular weight is 357 g/mol. The first-order valence-electron chi connectivity index (χ1n) is 6.55. The third-order valence-corrected chi connectivity index (χ3v) is 3.28. The van der Waals surface area contributed by atoms with Gasteiger partial charge in [-0.3, -0.25) is 4.79 Å². The predicted molar refractivity (Wildman–Crippen MR) is 87.4 cm³/mol. The lowest BCUT2D eigenvalue weighted by atomic mass is 10.1. The second kappa shape index (κ2) is 7.44. The molecule has 0 saturated heterocycles. The van der Waals surface area contributed by atoms with Crippen LogP contribution in [-0.4, -0.2) is 12.6 Å². The quantitative estimate of drug-likeness (QED) is 0.458. The molecule has 0 bridgehead atoms. The zero-order valence-corrected chi connectivity index (χ0v) is 13.4. The zero-order valence-electron chi connectivity index (χ0n) is 11.9. The summed E-state index contributed by atoms with van der Waals surface area (Å²) < 4.78 is 23.6. The molecule has 2 aromatic rings. The average Bonchev–Trinajstić information content (AvgIpc) is 2.49. The van der Waals surface area contributed by atoms with E-state index < -0.39 is 17.2 Å². The first-order chi connectivity index (χ1) is 10.9. The van der Waals surface area contributed by atoms with Crippen LogP contribution in [0, 0.1) is 0 Å². The van der Waals surface area contributed by atoms with E-state index in [0.717, 1.165) is 24.5 Å². The predicted octanol–water partition coefficient (Wildman–Crippen LogP) is 4.53. The highest BCUT2D eigenvalue weighted by Gasteiger charge is 2.10. The summed E-state index contributed by atoms with van der Waals surface area (Å²) in [7, 11) is 0. The Balaban J connectivity index is 2.41. The summed E-state index contributed by atoms with van der Waals surface area (Å²) in [5, 5.41) is 0.583. The minimum Gasteiger partial charge on any atom is -0.463 e. The van der Waals surface area contributed by atoms with Crippen LogP contribution < -0.4 is 5.43 Å². The molecule has 0 saturated carbocycles. The minimum absolute atomic E-state index is 0.0400. The molecule has 0 radical (unpaired) electrons. The molecule has 1 aromatic carbocycles. The number of ether oxygens (including phenoxy) is 1. The third-order valence-electron chi connectivity index (χ3n) is 2.78. The van der Waals surface area contributed by atoms with E-state index in [2.05, 4.69) is 4.74 Å². The summed E-state index contributed by atoms with van der Waals surface area (Å²) in [6.07, 6.45) is 3.84.